The molecule has 0 rings (SSSR count). The lowest BCUT2D eigenvalue weighted by Gasteiger charge is -2.18. The number of carbonyl (C=O) groups excluding carboxylic acids is 1. The van der Waals surface area contributed by atoms with Gasteiger partial charge in [0, 0.05) is 19.5 Å². The quantitative estimate of drug-likeness (QED) is 0.576. The van der Waals surface area contributed by atoms with Gasteiger partial charge in [-0.15, -0.1) is 11.8 Å². The Bertz CT molecular complexity index is 327. The van der Waals surface area contributed by atoms with Crippen LogP contribution in [0.2, 0.25) is 0 Å². The summed E-state index contributed by atoms with van der Waals surface area (Å²) < 4.78 is 0. The summed E-state index contributed by atoms with van der Waals surface area (Å²) in [6.07, 6.45) is 1.13. The van der Waals surface area contributed by atoms with E-state index in [1.54, 1.807) is 23.7 Å². The minimum absolute atomic E-state index is 0.0915. The van der Waals surface area contributed by atoms with E-state index in [4.69, 9.17) is 0 Å². The van der Waals surface area contributed by atoms with Gasteiger partial charge in [-0.05, 0) is 19.1 Å². The third kappa shape index (κ3) is 7.93. The number of nitrogens with zero attached hydrogens (tertiary/aromatic N) is 2. The summed E-state index contributed by atoms with van der Waals surface area (Å²) in [4.78, 5) is 17.7. The van der Waals surface area contributed by atoms with E-state index in [0.29, 0.717) is 19.0 Å². The number of hydrogen-bond acceptors (Lipinski definition) is 3. The second kappa shape index (κ2) is 9.89. The number of rotatable bonds is 7. The van der Waals surface area contributed by atoms with Gasteiger partial charge >= 0.3 is 6.03 Å². The fraction of sp³-hybridized carbons (Fsp3) is 0.714. The molecule has 0 bridgehead atoms. The van der Waals surface area contributed by atoms with Crippen molar-refractivity contribution in [2.75, 3.05) is 25.9 Å². The molecule has 5 heteroatoms. The fourth-order valence-corrected chi connectivity index (χ4v) is 2.30. The van der Waals surface area contributed by atoms with Crippen molar-refractivity contribution >= 4 is 22.8 Å². The van der Waals surface area contributed by atoms with Crippen LogP contribution in [0.3, 0.4) is 0 Å². The zero-order valence-electron chi connectivity index (χ0n) is 12.8. The molecule has 0 radical (unpaired) electrons. The van der Waals surface area contributed by atoms with Gasteiger partial charge in [0.05, 0.1) is 17.3 Å². The van der Waals surface area contributed by atoms with Crippen LogP contribution >= 0.6 is 11.8 Å². The minimum Gasteiger partial charge on any atom is -0.338 e. The standard InChI is InChI=1S/C14H27N3OS/c1-7-9-19-13(11(3)4)16-12(5)10-17(6)14(18)15-8-2/h11H,5,7-10H2,1-4,6H3,(H,15,18). The number of amides is 2. The van der Waals surface area contributed by atoms with Gasteiger partial charge in [-0.3, -0.25) is 0 Å². The van der Waals surface area contributed by atoms with Crippen molar-refractivity contribution in [2.45, 2.75) is 34.1 Å². The first-order valence-electron chi connectivity index (χ1n) is 6.80. The molecular weight excluding hydrogens is 258 g/mol. The SMILES string of the molecule is C=C(CN(C)C(=O)NCC)N=C(SCCC)C(C)C. The first-order chi connectivity index (χ1) is 8.92. The van der Waals surface area contributed by atoms with Crippen molar-refractivity contribution in [2.24, 2.45) is 10.9 Å². The summed E-state index contributed by atoms with van der Waals surface area (Å²) in [5.41, 5.74) is 0.723. The van der Waals surface area contributed by atoms with E-state index in [1.807, 2.05) is 6.92 Å². The molecule has 0 saturated carbocycles. The Morgan fingerprint density at radius 3 is 2.53 bits per heavy atom. The maximum absolute atomic E-state index is 11.6. The van der Waals surface area contributed by atoms with Crippen LogP contribution in [0.25, 0.3) is 0 Å². The smallest absolute Gasteiger partial charge is 0.317 e. The molecule has 0 aromatic rings. The van der Waals surface area contributed by atoms with Crippen molar-refractivity contribution in [3.05, 3.63) is 12.3 Å². The number of carbonyl (C=O) groups is 1. The van der Waals surface area contributed by atoms with Crippen LogP contribution in [0.15, 0.2) is 17.3 Å². The first-order valence-corrected chi connectivity index (χ1v) is 7.79. The lowest BCUT2D eigenvalue weighted by molar-refractivity contribution is 0.213. The van der Waals surface area contributed by atoms with Crippen LogP contribution in [-0.4, -0.2) is 41.9 Å². The molecule has 0 aliphatic heterocycles. The van der Waals surface area contributed by atoms with Crippen molar-refractivity contribution in [3.63, 3.8) is 0 Å². The molecule has 0 saturated heterocycles. The Labute approximate surface area is 121 Å². The van der Waals surface area contributed by atoms with E-state index in [-0.39, 0.29) is 6.03 Å². The fourth-order valence-electron chi connectivity index (χ4n) is 1.36. The van der Waals surface area contributed by atoms with Gasteiger partial charge in [-0.25, -0.2) is 9.79 Å². The molecule has 110 valence electrons. The number of urea groups is 1. The van der Waals surface area contributed by atoms with Crippen molar-refractivity contribution in [1.29, 1.82) is 0 Å². The van der Waals surface area contributed by atoms with Gasteiger partial charge in [0.25, 0.3) is 0 Å². The van der Waals surface area contributed by atoms with E-state index in [9.17, 15) is 4.79 Å². The van der Waals surface area contributed by atoms with Crippen LogP contribution < -0.4 is 5.32 Å². The van der Waals surface area contributed by atoms with Crippen LogP contribution in [0.5, 0.6) is 0 Å². The highest BCUT2D eigenvalue weighted by atomic mass is 32.2. The second-order valence-corrected chi connectivity index (χ2v) is 5.83. The predicted octanol–water partition coefficient (Wildman–Crippen LogP) is 3.36. The third-order valence-electron chi connectivity index (χ3n) is 2.31. The summed E-state index contributed by atoms with van der Waals surface area (Å²) in [6, 6.07) is -0.0915. The van der Waals surface area contributed by atoms with Crippen molar-refractivity contribution in [1.82, 2.24) is 10.2 Å². The molecule has 0 aromatic heterocycles. The van der Waals surface area contributed by atoms with E-state index < -0.39 is 0 Å². The monoisotopic (exact) mass is 285 g/mol. The molecule has 0 fully saturated rings. The molecule has 19 heavy (non-hydrogen) atoms. The van der Waals surface area contributed by atoms with Crippen LogP contribution in [0.4, 0.5) is 4.79 Å². The van der Waals surface area contributed by atoms with Crippen LogP contribution in [0, 0.1) is 5.92 Å². The summed E-state index contributed by atoms with van der Waals surface area (Å²) in [5, 5.41) is 3.85. The molecule has 4 nitrogen and oxygen atoms in total. The van der Waals surface area contributed by atoms with Crippen LogP contribution in [-0.2, 0) is 0 Å². The largest absolute Gasteiger partial charge is 0.338 e. The molecule has 0 aliphatic rings. The molecule has 1 N–H and O–H groups in total. The highest BCUT2D eigenvalue weighted by Gasteiger charge is 2.10. The lowest BCUT2D eigenvalue weighted by Crippen LogP contribution is -2.37. The lowest BCUT2D eigenvalue weighted by atomic mass is 10.2. The summed E-state index contributed by atoms with van der Waals surface area (Å²) in [7, 11) is 1.75. The number of aliphatic imine (C=N–C) groups is 1. The molecule has 0 atom stereocenters. The highest BCUT2D eigenvalue weighted by Crippen LogP contribution is 2.16. The summed E-state index contributed by atoms with van der Waals surface area (Å²) in [5.74, 6) is 1.46. The van der Waals surface area contributed by atoms with Gasteiger partial charge in [0.2, 0.25) is 0 Å². The van der Waals surface area contributed by atoms with Gasteiger partial charge in [-0.2, -0.15) is 0 Å². The number of hydrogen-bond donors (Lipinski definition) is 1. The van der Waals surface area contributed by atoms with Gasteiger partial charge in [0.15, 0.2) is 0 Å². The van der Waals surface area contributed by atoms with E-state index in [1.165, 1.54) is 0 Å². The topological polar surface area (TPSA) is 44.7 Å². The molecule has 2 amide bonds. The maximum Gasteiger partial charge on any atom is 0.317 e. The first kappa shape index (κ1) is 18.0. The molecular formula is C14H27N3OS. The summed E-state index contributed by atoms with van der Waals surface area (Å²) >= 11 is 1.77. The minimum atomic E-state index is -0.0915. The zero-order valence-corrected chi connectivity index (χ0v) is 13.6. The Hall–Kier alpha value is -0.970. The molecule has 0 aliphatic carbocycles. The Balaban J connectivity index is 4.49. The van der Waals surface area contributed by atoms with E-state index in [2.05, 4.69) is 37.7 Å². The molecule has 0 aromatic carbocycles. The highest BCUT2D eigenvalue weighted by molar-refractivity contribution is 8.13. The summed E-state index contributed by atoms with van der Waals surface area (Å²) in [6.45, 7) is 13.3. The Kier molecular flexibility index (Phi) is 9.39. The second-order valence-electron chi connectivity index (χ2n) is 4.71. The maximum atomic E-state index is 11.6. The average molecular weight is 285 g/mol. The Morgan fingerprint density at radius 2 is 2.05 bits per heavy atom. The number of likely N-dealkylation sites (N-methyl/N-ethyl adjacent to an activating group) is 1. The van der Waals surface area contributed by atoms with E-state index >= 15 is 0 Å². The Morgan fingerprint density at radius 1 is 1.42 bits per heavy atom. The average Bonchev–Trinajstić information content (AvgIpc) is 2.34. The van der Waals surface area contributed by atoms with Gasteiger partial charge in [0.1, 0.15) is 0 Å². The molecule has 0 unspecified atom stereocenters. The number of nitrogens with one attached hydrogen (secondary N) is 1. The van der Waals surface area contributed by atoms with Crippen molar-refractivity contribution in [3.8, 4) is 0 Å². The van der Waals surface area contributed by atoms with Gasteiger partial charge in [-0.1, -0.05) is 27.4 Å². The van der Waals surface area contributed by atoms with E-state index in [0.717, 1.165) is 22.9 Å². The normalized spacial score (nSPS) is 11.6. The zero-order chi connectivity index (χ0) is 14.8. The third-order valence-corrected chi connectivity index (χ3v) is 3.78. The van der Waals surface area contributed by atoms with Crippen molar-refractivity contribution < 1.29 is 4.79 Å². The predicted molar refractivity (Wildman–Crippen MR) is 85.9 cm³/mol. The van der Waals surface area contributed by atoms with Gasteiger partial charge < -0.3 is 10.2 Å². The molecule has 0 heterocycles. The van der Waals surface area contributed by atoms with Crippen LogP contribution in [0.1, 0.15) is 34.1 Å². The number of thioether (sulfide) groups is 1. The molecule has 0 spiro atoms.